The summed E-state index contributed by atoms with van der Waals surface area (Å²) in [6, 6.07) is -0.222. The van der Waals surface area contributed by atoms with Gasteiger partial charge in [-0.15, -0.1) is 0 Å². The molecule has 0 N–H and O–H groups in total. The van der Waals surface area contributed by atoms with E-state index in [9.17, 15) is 39.5 Å². The highest BCUT2D eigenvalue weighted by molar-refractivity contribution is 6.60. The Morgan fingerprint density at radius 3 is 1.60 bits per heavy atom. The minimum atomic E-state index is -5.96. The SMILES string of the molecule is CO[Si](CCCC(F)C(F)(F)C(F)(F)C(F)C(F)C(F)F)(OC)OC. The maximum atomic E-state index is 13.6. The molecule has 13 heteroatoms. The summed E-state index contributed by atoms with van der Waals surface area (Å²) < 4.78 is 131. The van der Waals surface area contributed by atoms with E-state index in [1.54, 1.807) is 0 Å². The van der Waals surface area contributed by atoms with Gasteiger partial charge in [0.25, 0.3) is 6.43 Å². The molecule has 0 aromatic carbocycles. The second-order valence-corrected chi connectivity index (χ2v) is 8.17. The third-order valence-corrected chi connectivity index (χ3v) is 6.41. The summed E-state index contributed by atoms with van der Waals surface area (Å²) in [5.74, 6) is -11.6. The van der Waals surface area contributed by atoms with Crippen LogP contribution in [0.5, 0.6) is 0 Å². The van der Waals surface area contributed by atoms with Crippen molar-refractivity contribution < 1.29 is 52.8 Å². The maximum Gasteiger partial charge on any atom is 0.500 e. The van der Waals surface area contributed by atoms with Gasteiger partial charge in [0.2, 0.25) is 6.17 Å². The van der Waals surface area contributed by atoms with Crippen LogP contribution < -0.4 is 0 Å². The van der Waals surface area contributed by atoms with Gasteiger partial charge in [0.1, 0.15) is 0 Å². The Balaban J connectivity index is 5.01. The van der Waals surface area contributed by atoms with Crippen molar-refractivity contribution in [3.05, 3.63) is 0 Å². The summed E-state index contributed by atoms with van der Waals surface area (Å²) in [5, 5.41) is 0. The number of alkyl halides is 9. The van der Waals surface area contributed by atoms with Crippen molar-refractivity contribution in [1.82, 2.24) is 0 Å². The summed E-state index contributed by atoms with van der Waals surface area (Å²) in [5.41, 5.74) is 0. The molecule has 0 rings (SSSR count). The monoisotopic (exact) mass is 410 g/mol. The molecule has 0 saturated heterocycles. The number of hydrogen-bond donors (Lipinski definition) is 0. The fourth-order valence-electron chi connectivity index (χ4n) is 1.96. The van der Waals surface area contributed by atoms with E-state index in [1.807, 2.05) is 0 Å². The largest absolute Gasteiger partial charge is 0.500 e. The molecule has 0 heterocycles. The molecular weight excluding hydrogens is 391 g/mol. The highest BCUT2D eigenvalue weighted by atomic mass is 28.4. The number of rotatable bonds is 12. The summed E-state index contributed by atoms with van der Waals surface area (Å²) >= 11 is 0. The zero-order chi connectivity index (χ0) is 20.1. The lowest BCUT2D eigenvalue weighted by Crippen LogP contribution is -2.57. The van der Waals surface area contributed by atoms with E-state index in [0.717, 1.165) is 0 Å². The first kappa shape index (κ1) is 24.5. The van der Waals surface area contributed by atoms with E-state index in [1.165, 1.54) is 21.3 Å². The molecule has 3 nitrogen and oxygen atoms in total. The molecule has 0 aliphatic carbocycles. The van der Waals surface area contributed by atoms with Gasteiger partial charge in [-0.2, -0.15) is 17.6 Å². The van der Waals surface area contributed by atoms with Crippen LogP contribution in [0.25, 0.3) is 0 Å². The Morgan fingerprint density at radius 2 is 1.24 bits per heavy atom. The molecule has 0 fully saturated rings. The van der Waals surface area contributed by atoms with Crippen LogP contribution in [0.4, 0.5) is 39.5 Å². The van der Waals surface area contributed by atoms with Gasteiger partial charge in [-0.25, -0.2) is 22.0 Å². The second kappa shape index (κ2) is 9.42. The summed E-state index contributed by atoms with van der Waals surface area (Å²) in [6.45, 7) is 0. The van der Waals surface area contributed by atoms with Crippen molar-refractivity contribution in [2.75, 3.05) is 21.3 Å². The highest BCUT2D eigenvalue weighted by Gasteiger charge is 2.68. The zero-order valence-corrected chi connectivity index (χ0v) is 14.6. The van der Waals surface area contributed by atoms with Gasteiger partial charge in [0.05, 0.1) is 0 Å². The summed E-state index contributed by atoms with van der Waals surface area (Å²) in [7, 11) is 0.249. The molecule has 0 aromatic rings. The highest BCUT2D eigenvalue weighted by Crippen LogP contribution is 2.45. The van der Waals surface area contributed by atoms with Gasteiger partial charge < -0.3 is 13.3 Å². The minimum Gasteiger partial charge on any atom is -0.377 e. The molecule has 0 aliphatic heterocycles. The Kier molecular flexibility index (Phi) is 9.22. The van der Waals surface area contributed by atoms with Crippen LogP contribution in [-0.4, -0.2) is 66.9 Å². The van der Waals surface area contributed by atoms with Crippen molar-refractivity contribution >= 4 is 8.80 Å². The fourth-order valence-corrected chi connectivity index (χ4v) is 3.71. The van der Waals surface area contributed by atoms with Gasteiger partial charge in [0, 0.05) is 27.4 Å². The second-order valence-electron chi connectivity index (χ2n) is 5.08. The van der Waals surface area contributed by atoms with Crippen LogP contribution in [0.3, 0.4) is 0 Å². The van der Waals surface area contributed by atoms with Crippen molar-refractivity contribution in [2.24, 2.45) is 0 Å². The van der Waals surface area contributed by atoms with E-state index < -0.39 is 58.4 Å². The van der Waals surface area contributed by atoms with E-state index in [0.29, 0.717) is 0 Å². The molecule has 25 heavy (non-hydrogen) atoms. The standard InChI is InChI=1S/C12H19F9O3Si/c1-22-25(23-2,24-3)6-4-5-7(13)11(18,19)12(20,21)9(15)8(14)10(16)17/h7-10H,4-6H2,1-3H3. The van der Waals surface area contributed by atoms with Crippen molar-refractivity contribution in [2.45, 2.75) is 55.7 Å². The van der Waals surface area contributed by atoms with Gasteiger partial charge in [-0.1, -0.05) is 0 Å². The van der Waals surface area contributed by atoms with Gasteiger partial charge in [0.15, 0.2) is 12.3 Å². The van der Waals surface area contributed by atoms with E-state index in [2.05, 4.69) is 0 Å². The van der Waals surface area contributed by atoms with E-state index >= 15 is 0 Å². The fraction of sp³-hybridized carbons (Fsp3) is 1.00. The Labute approximate surface area is 139 Å². The number of hydrogen-bond acceptors (Lipinski definition) is 3. The Bertz CT molecular complexity index is 388. The number of halogens is 9. The van der Waals surface area contributed by atoms with Crippen LogP contribution in [-0.2, 0) is 13.3 Å². The van der Waals surface area contributed by atoms with Crippen LogP contribution >= 0.6 is 0 Å². The van der Waals surface area contributed by atoms with E-state index in [-0.39, 0.29) is 6.04 Å². The lowest BCUT2D eigenvalue weighted by Gasteiger charge is -2.32. The molecular formula is C12H19F9O3Si. The predicted molar refractivity (Wildman–Crippen MR) is 71.4 cm³/mol. The van der Waals surface area contributed by atoms with Crippen molar-refractivity contribution in [1.29, 1.82) is 0 Å². The maximum absolute atomic E-state index is 13.6. The third kappa shape index (κ3) is 5.47. The molecule has 152 valence electrons. The first-order valence-corrected chi connectivity index (χ1v) is 8.87. The first-order chi connectivity index (χ1) is 11.3. The minimum absolute atomic E-state index is 0.222. The van der Waals surface area contributed by atoms with Crippen molar-refractivity contribution in [3.8, 4) is 0 Å². The van der Waals surface area contributed by atoms with E-state index in [4.69, 9.17) is 13.3 Å². The molecule has 3 unspecified atom stereocenters. The normalized spacial score (nSPS) is 17.6. The summed E-state index contributed by atoms with van der Waals surface area (Å²) in [4.78, 5) is 0. The first-order valence-electron chi connectivity index (χ1n) is 6.94. The quantitative estimate of drug-likeness (QED) is 0.357. The molecule has 3 atom stereocenters. The van der Waals surface area contributed by atoms with Crippen LogP contribution in [0, 0.1) is 0 Å². The molecule has 0 saturated carbocycles. The van der Waals surface area contributed by atoms with Crippen LogP contribution in [0.1, 0.15) is 12.8 Å². The summed E-state index contributed by atoms with van der Waals surface area (Å²) in [6.07, 6.45) is -18.3. The lowest BCUT2D eigenvalue weighted by molar-refractivity contribution is -0.277. The zero-order valence-electron chi connectivity index (χ0n) is 13.6. The van der Waals surface area contributed by atoms with Gasteiger partial charge in [-0.05, 0) is 12.8 Å². The molecule has 0 aliphatic rings. The lowest BCUT2D eigenvalue weighted by atomic mass is 9.97. The third-order valence-electron chi connectivity index (χ3n) is 3.58. The topological polar surface area (TPSA) is 27.7 Å². The van der Waals surface area contributed by atoms with Crippen molar-refractivity contribution in [3.63, 3.8) is 0 Å². The molecule has 0 amide bonds. The van der Waals surface area contributed by atoms with Gasteiger partial charge in [-0.3, -0.25) is 0 Å². The van der Waals surface area contributed by atoms with Gasteiger partial charge >= 0.3 is 20.6 Å². The molecule has 0 bridgehead atoms. The Hall–Kier alpha value is -0.533. The average molecular weight is 410 g/mol. The molecule has 0 radical (unpaired) electrons. The average Bonchev–Trinajstić information content (AvgIpc) is 2.57. The molecule has 0 spiro atoms. The molecule has 0 aromatic heterocycles. The smallest absolute Gasteiger partial charge is 0.377 e. The van der Waals surface area contributed by atoms with Crippen LogP contribution in [0.2, 0.25) is 6.04 Å². The van der Waals surface area contributed by atoms with Crippen LogP contribution in [0.15, 0.2) is 0 Å². The Morgan fingerprint density at radius 1 is 0.800 bits per heavy atom. The predicted octanol–water partition coefficient (Wildman–Crippen LogP) is 4.19.